The van der Waals surface area contributed by atoms with Crippen molar-refractivity contribution in [3.63, 3.8) is 0 Å². The average molecular weight is 286 g/mol. The van der Waals surface area contributed by atoms with Crippen LogP contribution in [0.5, 0.6) is 0 Å². The summed E-state index contributed by atoms with van der Waals surface area (Å²) >= 11 is 0. The van der Waals surface area contributed by atoms with Gasteiger partial charge >= 0.3 is 0 Å². The van der Waals surface area contributed by atoms with Crippen LogP contribution >= 0.6 is 21.6 Å². The topological polar surface area (TPSA) is 17.1 Å². The Bertz CT molecular complexity index is 377. The molecule has 17 heavy (non-hydrogen) atoms. The minimum absolute atomic E-state index is 0.672. The molecule has 4 heteroatoms. The molecule has 0 amide bonds. The molecular formula is C13H18OS3. The van der Waals surface area contributed by atoms with Crippen molar-refractivity contribution < 1.29 is 4.21 Å². The van der Waals surface area contributed by atoms with Crippen molar-refractivity contribution >= 4 is 32.4 Å². The molecule has 1 nitrogen and oxygen atoms in total. The molecule has 0 N–H and O–H groups in total. The van der Waals surface area contributed by atoms with Gasteiger partial charge < -0.3 is 0 Å². The summed E-state index contributed by atoms with van der Waals surface area (Å²) in [6.45, 7) is 5.77. The van der Waals surface area contributed by atoms with Crippen molar-refractivity contribution in [3.05, 3.63) is 42.5 Å². The predicted molar refractivity (Wildman–Crippen MR) is 82.0 cm³/mol. The van der Waals surface area contributed by atoms with E-state index in [4.69, 9.17) is 0 Å². The zero-order valence-corrected chi connectivity index (χ0v) is 12.5. The zero-order chi connectivity index (χ0) is 12.5. The Balaban J connectivity index is 2.63. The average Bonchev–Trinajstić information content (AvgIpc) is 2.32. The minimum Gasteiger partial charge on any atom is -0.259 e. The monoisotopic (exact) mass is 286 g/mol. The highest BCUT2D eigenvalue weighted by atomic mass is 33.1. The fourth-order valence-electron chi connectivity index (χ4n) is 1.32. The Morgan fingerprint density at radius 2 is 2.18 bits per heavy atom. The third-order valence-corrected chi connectivity index (χ3v) is 5.92. The maximum absolute atomic E-state index is 11.8. The molecule has 0 aliphatic heterocycles. The van der Waals surface area contributed by atoms with Gasteiger partial charge in [-0.15, -0.1) is 6.58 Å². The predicted octanol–water partition coefficient (Wildman–Crippen LogP) is 4.27. The fourth-order valence-corrected chi connectivity index (χ4v) is 4.65. The maximum atomic E-state index is 11.8. The van der Waals surface area contributed by atoms with E-state index in [1.807, 2.05) is 18.2 Å². The largest absolute Gasteiger partial charge is 0.259 e. The molecule has 0 aliphatic rings. The van der Waals surface area contributed by atoms with Crippen molar-refractivity contribution in [2.45, 2.75) is 24.0 Å². The third-order valence-electron chi connectivity index (χ3n) is 2.06. The van der Waals surface area contributed by atoms with E-state index < -0.39 is 10.8 Å². The van der Waals surface area contributed by atoms with Gasteiger partial charge in [-0.1, -0.05) is 52.8 Å². The summed E-state index contributed by atoms with van der Waals surface area (Å²) < 4.78 is 11.8. The Labute approximate surface area is 114 Å². The van der Waals surface area contributed by atoms with Gasteiger partial charge in [0, 0.05) is 33.0 Å². The van der Waals surface area contributed by atoms with E-state index in [1.165, 1.54) is 10.5 Å². The van der Waals surface area contributed by atoms with Crippen LogP contribution in [-0.4, -0.2) is 15.7 Å². The van der Waals surface area contributed by atoms with E-state index in [1.54, 1.807) is 21.6 Å². The molecule has 0 radical (unpaired) electrons. The number of hydrogen-bond donors (Lipinski definition) is 0. The standard InChI is InChI=1S/C13H18OS3/c1-3-9-15-16-13-8-6-5-7-12(13)11-17(14)10-4-2/h3,5-8H,1,4,9-11H2,2H3. The highest BCUT2D eigenvalue weighted by Gasteiger charge is 2.06. The Kier molecular flexibility index (Phi) is 7.73. The van der Waals surface area contributed by atoms with E-state index >= 15 is 0 Å². The molecule has 1 atom stereocenters. The lowest BCUT2D eigenvalue weighted by molar-refractivity contribution is 0.681. The van der Waals surface area contributed by atoms with Crippen LogP contribution in [0.2, 0.25) is 0 Å². The Morgan fingerprint density at radius 1 is 1.41 bits per heavy atom. The quantitative estimate of drug-likeness (QED) is 0.403. The summed E-state index contributed by atoms with van der Waals surface area (Å²) in [5.41, 5.74) is 1.20. The van der Waals surface area contributed by atoms with Gasteiger partial charge in [0.05, 0.1) is 0 Å². The first-order chi connectivity index (χ1) is 8.27. The molecule has 0 aromatic heterocycles. The van der Waals surface area contributed by atoms with Gasteiger partial charge in [-0.05, 0) is 18.1 Å². The molecule has 0 saturated carbocycles. The Morgan fingerprint density at radius 3 is 2.88 bits per heavy atom. The molecule has 1 aromatic carbocycles. The Hall–Kier alpha value is -0.190. The highest BCUT2D eigenvalue weighted by Crippen LogP contribution is 2.33. The van der Waals surface area contributed by atoms with Crippen LogP contribution in [0.1, 0.15) is 18.9 Å². The molecule has 0 heterocycles. The molecular weight excluding hydrogens is 268 g/mol. The SMILES string of the molecule is C=CCSSc1ccccc1CS(=O)CCC. The number of hydrogen-bond acceptors (Lipinski definition) is 3. The van der Waals surface area contributed by atoms with Crippen LogP contribution in [0.3, 0.4) is 0 Å². The lowest BCUT2D eigenvalue weighted by Crippen LogP contribution is -2.00. The van der Waals surface area contributed by atoms with Gasteiger partial charge in [0.15, 0.2) is 0 Å². The van der Waals surface area contributed by atoms with Crippen LogP contribution < -0.4 is 0 Å². The highest BCUT2D eigenvalue weighted by molar-refractivity contribution is 8.76. The molecule has 0 saturated heterocycles. The number of rotatable bonds is 8. The molecule has 0 bridgehead atoms. The summed E-state index contributed by atoms with van der Waals surface area (Å²) in [4.78, 5) is 1.23. The second-order valence-corrected chi connectivity index (χ2v) is 7.51. The normalized spacial score (nSPS) is 12.3. The van der Waals surface area contributed by atoms with Crippen molar-refractivity contribution in [2.24, 2.45) is 0 Å². The summed E-state index contributed by atoms with van der Waals surface area (Å²) in [7, 11) is 2.77. The zero-order valence-electron chi connectivity index (χ0n) is 10.1. The summed E-state index contributed by atoms with van der Waals surface area (Å²) in [6, 6.07) is 8.22. The second kappa shape index (κ2) is 8.84. The molecule has 1 unspecified atom stereocenters. The second-order valence-electron chi connectivity index (χ2n) is 3.55. The smallest absolute Gasteiger partial charge is 0.0497 e. The number of benzene rings is 1. The van der Waals surface area contributed by atoms with E-state index in [-0.39, 0.29) is 0 Å². The van der Waals surface area contributed by atoms with E-state index in [0.717, 1.165) is 17.9 Å². The molecule has 1 aromatic rings. The van der Waals surface area contributed by atoms with Crippen LogP contribution in [0.4, 0.5) is 0 Å². The van der Waals surface area contributed by atoms with Gasteiger partial charge in [-0.3, -0.25) is 4.21 Å². The first kappa shape index (κ1) is 14.9. The van der Waals surface area contributed by atoms with Crippen LogP contribution in [0.25, 0.3) is 0 Å². The molecule has 0 fully saturated rings. The lowest BCUT2D eigenvalue weighted by Gasteiger charge is -2.07. The first-order valence-electron chi connectivity index (χ1n) is 5.61. The molecule has 0 spiro atoms. The van der Waals surface area contributed by atoms with Gasteiger partial charge in [0.1, 0.15) is 0 Å². The lowest BCUT2D eigenvalue weighted by atomic mass is 10.2. The molecule has 0 aliphatic carbocycles. The summed E-state index contributed by atoms with van der Waals surface area (Å²) in [5.74, 6) is 2.39. The van der Waals surface area contributed by atoms with Gasteiger partial charge in [0.2, 0.25) is 0 Å². The third kappa shape index (κ3) is 5.80. The van der Waals surface area contributed by atoms with Crippen LogP contribution in [0.15, 0.2) is 41.8 Å². The van der Waals surface area contributed by atoms with Crippen molar-refractivity contribution in [2.75, 3.05) is 11.5 Å². The van der Waals surface area contributed by atoms with Gasteiger partial charge in [0.25, 0.3) is 0 Å². The van der Waals surface area contributed by atoms with E-state index in [9.17, 15) is 4.21 Å². The molecule has 1 rings (SSSR count). The van der Waals surface area contributed by atoms with Crippen molar-refractivity contribution in [1.82, 2.24) is 0 Å². The van der Waals surface area contributed by atoms with E-state index in [2.05, 4.69) is 25.6 Å². The minimum atomic E-state index is -0.731. The van der Waals surface area contributed by atoms with Crippen molar-refractivity contribution in [1.29, 1.82) is 0 Å². The van der Waals surface area contributed by atoms with Gasteiger partial charge in [-0.2, -0.15) is 0 Å². The van der Waals surface area contributed by atoms with Crippen LogP contribution in [-0.2, 0) is 16.6 Å². The van der Waals surface area contributed by atoms with E-state index in [0.29, 0.717) is 5.75 Å². The van der Waals surface area contributed by atoms with Crippen LogP contribution in [0, 0.1) is 0 Å². The fraction of sp³-hybridized carbons (Fsp3) is 0.385. The maximum Gasteiger partial charge on any atom is 0.0497 e. The molecule has 94 valence electrons. The first-order valence-corrected chi connectivity index (χ1v) is 9.41. The van der Waals surface area contributed by atoms with Crippen molar-refractivity contribution in [3.8, 4) is 0 Å². The summed E-state index contributed by atoms with van der Waals surface area (Å²) in [5, 5.41) is 0. The van der Waals surface area contributed by atoms with Gasteiger partial charge in [-0.25, -0.2) is 0 Å². The summed E-state index contributed by atoms with van der Waals surface area (Å²) in [6.07, 6.45) is 2.88.